The zero-order valence-electron chi connectivity index (χ0n) is 7.14. The fourth-order valence-corrected chi connectivity index (χ4v) is 1.28. The van der Waals surface area contributed by atoms with Crippen LogP contribution >= 0.6 is 0 Å². The average molecular weight is 201 g/mol. The standard InChI is InChI=1S/C7H11N3O2S/c1-13(11,12)9-10(8)7-5-3-2-4-6-7/h2-6,9H,8H2,1H3. The summed E-state index contributed by atoms with van der Waals surface area (Å²) >= 11 is 0. The van der Waals surface area contributed by atoms with Crippen molar-refractivity contribution in [2.45, 2.75) is 0 Å². The SMILES string of the molecule is CS(=O)(=O)NN(N)c1ccccc1. The molecule has 0 fully saturated rings. The van der Waals surface area contributed by atoms with Gasteiger partial charge in [-0.1, -0.05) is 18.2 Å². The molecule has 0 aliphatic carbocycles. The lowest BCUT2D eigenvalue weighted by molar-refractivity contribution is 0.583. The van der Waals surface area contributed by atoms with Gasteiger partial charge in [-0.2, -0.15) is 0 Å². The van der Waals surface area contributed by atoms with E-state index >= 15 is 0 Å². The van der Waals surface area contributed by atoms with Gasteiger partial charge in [-0.15, -0.1) is 4.83 Å². The van der Waals surface area contributed by atoms with Crippen LogP contribution < -0.4 is 15.8 Å². The van der Waals surface area contributed by atoms with Gasteiger partial charge in [-0.05, 0) is 12.1 Å². The molecular weight excluding hydrogens is 190 g/mol. The van der Waals surface area contributed by atoms with Crippen molar-refractivity contribution >= 4 is 15.7 Å². The number of para-hydroxylation sites is 1. The van der Waals surface area contributed by atoms with Gasteiger partial charge in [0.1, 0.15) is 0 Å². The summed E-state index contributed by atoms with van der Waals surface area (Å²) in [7, 11) is -3.32. The number of hydrogen-bond acceptors (Lipinski definition) is 4. The van der Waals surface area contributed by atoms with Crippen molar-refractivity contribution in [3.8, 4) is 0 Å². The molecule has 0 aromatic heterocycles. The number of benzene rings is 1. The number of nitrogens with one attached hydrogen (secondary N) is 1. The summed E-state index contributed by atoms with van der Waals surface area (Å²) in [4.78, 5) is 2.12. The number of hydrazine groups is 2. The van der Waals surface area contributed by atoms with Crippen LogP contribution in [0, 0.1) is 0 Å². The van der Waals surface area contributed by atoms with Crippen LogP contribution in [0.3, 0.4) is 0 Å². The van der Waals surface area contributed by atoms with Crippen molar-refractivity contribution in [3.63, 3.8) is 0 Å². The molecule has 5 nitrogen and oxygen atoms in total. The Bertz CT molecular complexity index is 363. The van der Waals surface area contributed by atoms with Crippen LogP contribution in [0.25, 0.3) is 0 Å². The molecule has 0 radical (unpaired) electrons. The Balaban J connectivity index is 2.76. The van der Waals surface area contributed by atoms with E-state index in [1.54, 1.807) is 24.3 Å². The molecular formula is C7H11N3O2S. The highest BCUT2D eigenvalue weighted by Crippen LogP contribution is 2.06. The predicted molar refractivity (Wildman–Crippen MR) is 51.1 cm³/mol. The highest BCUT2D eigenvalue weighted by Gasteiger charge is 2.06. The maximum Gasteiger partial charge on any atom is 0.226 e. The molecule has 0 bridgehead atoms. The number of nitrogens with two attached hydrogens (primary N) is 1. The summed E-state index contributed by atoms with van der Waals surface area (Å²) in [5.74, 6) is 5.42. The Morgan fingerprint density at radius 1 is 1.31 bits per heavy atom. The van der Waals surface area contributed by atoms with Crippen LogP contribution in [0.4, 0.5) is 5.69 Å². The third kappa shape index (κ3) is 3.41. The van der Waals surface area contributed by atoms with E-state index in [-0.39, 0.29) is 0 Å². The van der Waals surface area contributed by atoms with Crippen LogP contribution in [-0.2, 0) is 10.0 Å². The molecule has 0 saturated carbocycles. The molecule has 1 aromatic carbocycles. The Labute approximate surface area is 77.1 Å². The Morgan fingerprint density at radius 2 is 1.85 bits per heavy atom. The molecule has 0 aliphatic heterocycles. The molecule has 1 rings (SSSR count). The van der Waals surface area contributed by atoms with Gasteiger partial charge in [-0.25, -0.2) is 19.4 Å². The van der Waals surface area contributed by atoms with Crippen molar-refractivity contribution < 1.29 is 8.42 Å². The normalized spacial score (nSPS) is 11.2. The molecule has 6 heteroatoms. The Hall–Kier alpha value is -1.11. The minimum absolute atomic E-state index is 0.577. The van der Waals surface area contributed by atoms with Crippen molar-refractivity contribution in [2.75, 3.05) is 11.4 Å². The third-order valence-corrected chi connectivity index (χ3v) is 1.83. The first-order chi connectivity index (χ1) is 5.99. The van der Waals surface area contributed by atoms with Crippen LogP contribution in [0.5, 0.6) is 0 Å². The number of sulfonamides is 1. The first-order valence-electron chi connectivity index (χ1n) is 3.56. The summed E-state index contributed by atoms with van der Waals surface area (Å²) in [6.45, 7) is 0. The van der Waals surface area contributed by atoms with Crippen molar-refractivity contribution in [3.05, 3.63) is 30.3 Å². The van der Waals surface area contributed by atoms with Gasteiger partial charge in [0.15, 0.2) is 0 Å². The lowest BCUT2D eigenvalue weighted by Crippen LogP contribution is -2.46. The molecule has 72 valence electrons. The largest absolute Gasteiger partial charge is 0.232 e. The lowest BCUT2D eigenvalue weighted by Gasteiger charge is -2.17. The van der Waals surface area contributed by atoms with Crippen LogP contribution in [0.15, 0.2) is 30.3 Å². The quantitative estimate of drug-likeness (QED) is 0.526. The van der Waals surface area contributed by atoms with E-state index < -0.39 is 10.0 Å². The number of nitrogens with zero attached hydrogens (tertiary/aromatic N) is 1. The van der Waals surface area contributed by atoms with Gasteiger partial charge >= 0.3 is 0 Å². The van der Waals surface area contributed by atoms with E-state index in [9.17, 15) is 8.42 Å². The van der Waals surface area contributed by atoms with E-state index in [1.807, 2.05) is 6.07 Å². The predicted octanol–water partition coefficient (Wildman–Crippen LogP) is -0.169. The summed E-state index contributed by atoms with van der Waals surface area (Å²) < 4.78 is 21.6. The molecule has 0 aliphatic rings. The van der Waals surface area contributed by atoms with Gasteiger partial charge < -0.3 is 0 Å². The van der Waals surface area contributed by atoms with E-state index in [0.29, 0.717) is 5.69 Å². The first kappa shape index (κ1) is 9.97. The second-order valence-corrected chi connectivity index (χ2v) is 4.30. The monoisotopic (exact) mass is 201 g/mol. The smallest absolute Gasteiger partial charge is 0.226 e. The summed E-state index contributed by atoms with van der Waals surface area (Å²) in [5.41, 5.74) is 0.577. The van der Waals surface area contributed by atoms with E-state index in [0.717, 1.165) is 11.4 Å². The van der Waals surface area contributed by atoms with Crippen molar-refractivity contribution in [1.82, 2.24) is 4.83 Å². The first-order valence-corrected chi connectivity index (χ1v) is 5.45. The van der Waals surface area contributed by atoms with Crippen LogP contribution in [0.2, 0.25) is 0 Å². The summed E-state index contributed by atoms with van der Waals surface area (Å²) in [5, 5.41) is 0.954. The lowest BCUT2D eigenvalue weighted by atomic mass is 10.3. The molecule has 0 unspecified atom stereocenters. The van der Waals surface area contributed by atoms with E-state index in [1.165, 1.54) is 0 Å². The van der Waals surface area contributed by atoms with E-state index in [2.05, 4.69) is 4.83 Å². The van der Waals surface area contributed by atoms with Gasteiger partial charge in [0, 0.05) is 0 Å². The second-order valence-electron chi connectivity index (χ2n) is 2.57. The Kier molecular flexibility index (Phi) is 2.86. The molecule has 0 amide bonds. The van der Waals surface area contributed by atoms with E-state index in [4.69, 9.17) is 5.84 Å². The highest BCUT2D eigenvalue weighted by atomic mass is 32.2. The minimum atomic E-state index is -3.32. The average Bonchev–Trinajstić information content (AvgIpc) is 2.03. The molecule has 0 heterocycles. The van der Waals surface area contributed by atoms with Crippen LogP contribution in [0.1, 0.15) is 0 Å². The van der Waals surface area contributed by atoms with Gasteiger partial charge in [0.05, 0.1) is 11.9 Å². The fraction of sp³-hybridized carbons (Fsp3) is 0.143. The zero-order valence-corrected chi connectivity index (χ0v) is 7.95. The number of hydrogen-bond donors (Lipinski definition) is 2. The zero-order chi connectivity index (χ0) is 9.90. The van der Waals surface area contributed by atoms with Crippen molar-refractivity contribution in [1.29, 1.82) is 0 Å². The molecule has 1 aromatic rings. The Morgan fingerprint density at radius 3 is 2.31 bits per heavy atom. The fourth-order valence-electron chi connectivity index (χ4n) is 0.820. The highest BCUT2D eigenvalue weighted by molar-refractivity contribution is 7.88. The molecule has 3 N–H and O–H groups in total. The van der Waals surface area contributed by atoms with Gasteiger partial charge in [0.2, 0.25) is 10.0 Å². The summed E-state index contributed by atoms with van der Waals surface area (Å²) in [6, 6.07) is 8.73. The molecule has 13 heavy (non-hydrogen) atoms. The minimum Gasteiger partial charge on any atom is -0.232 e. The number of rotatable bonds is 3. The molecule has 0 saturated heterocycles. The summed E-state index contributed by atoms with van der Waals surface area (Å²) in [6.07, 6.45) is 1.04. The molecule has 0 atom stereocenters. The number of anilines is 1. The maximum absolute atomic E-state index is 10.8. The van der Waals surface area contributed by atoms with Gasteiger partial charge in [-0.3, -0.25) is 0 Å². The maximum atomic E-state index is 10.8. The third-order valence-electron chi connectivity index (χ3n) is 1.30. The van der Waals surface area contributed by atoms with Crippen molar-refractivity contribution in [2.24, 2.45) is 5.84 Å². The molecule has 0 spiro atoms. The second kappa shape index (κ2) is 3.73. The van der Waals surface area contributed by atoms with Gasteiger partial charge in [0.25, 0.3) is 0 Å². The van der Waals surface area contributed by atoms with Crippen LogP contribution in [-0.4, -0.2) is 14.7 Å². The topological polar surface area (TPSA) is 75.4 Å².